The van der Waals surface area contributed by atoms with E-state index >= 15 is 0 Å². The van der Waals surface area contributed by atoms with Gasteiger partial charge in [0.1, 0.15) is 0 Å². The third kappa shape index (κ3) is 5.41. The maximum atomic E-state index is 3.58. The summed E-state index contributed by atoms with van der Waals surface area (Å²) in [6.07, 6.45) is 1.33. The Kier molecular flexibility index (Phi) is 6.78. The summed E-state index contributed by atoms with van der Waals surface area (Å²) in [7, 11) is 4.34. The SMILES string of the molecule is CC(C)CN(CCN(C)C)CC1(C(C)C)CCNC1. The zero-order valence-corrected chi connectivity index (χ0v) is 14.0. The molecule has 1 aliphatic heterocycles. The predicted octanol–water partition coefficient (Wildman–Crippen LogP) is 2.14. The minimum Gasteiger partial charge on any atom is -0.316 e. The first kappa shape index (κ1) is 16.9. The van der Waals surface area contributed by atoms with Gasteiger partial charge < -0.3 is 15.1 Å². The van der Waals surface area contributed by atoms with Gasteiger partial charge >= 0.3 is 0 Å². The highest BCUT2D eigenvalue weighted by molar-refractivity contribution is 4.93. The molecule has 0 aliphatic carbocycles. The molecule has 3 nitrogen and oxygen atoms in total. The van der Waals surface area contributed by atoms with Gasteiger partial charge in [-0.2, -0.15) is 0 Å². The molecule has 0 radical (unpaired) electrons. The molecule has 0 amide bonds. The molecule has 1 unspecified atom stereocenters. The van der Waals surface area contributed by atoms with Gasteiger partial charge in [-0.05, 0) is 44.3 Å². The average Bonchev–Trinajstić information content (AvgIpc) is 2.75. The van der Waals surface area contributed by atoms with Crippen molar-refractivity contribution < 1.29 is 0 Å². The predicted molar refractivity (Wildman–Crippen MR) is 84.6 cm³/mol. The maximum absolute atomic E-state index is 3.58. The summed E-state index contributed by atoms with van der Waals surface area (Å²) in [5.41, 5.74) is 0.487. The normalized spacial score (nSPS) is 24.3. The van der Waals surface area contributed by atoms with Crippen molar-refractivity contribution in [1.29, 1.82) is 0 Å². The molecule has 1 fully saturated rings. The molecule has 1 heterocycles. The lowest BCUT2D eigenvalue weighted by atomic mass is 9.76. The highest BCUT2D eigenvalue weighted by Gasteiger charge is 2.38. The van der Waals surface area contributed by atoms with Gasteiger partial charge in [0.05, 0.1) is 0 Å². The van der Waals surface area contributed by atoms with Crippen LogP contribution in [0.15, 0.2) is 0 Å². The quantitative estimate of drug-likeness (QED) is 0.728. The Labute approximate surface area is 120 Å². The highest BCUT2D eigenvalue weighted by atomic mass is 15.2. The Balaban J connectivity index is 2.62. The van der Waals surface area contributed by atoms with Crippen LogP contribution in [0.3, 0.4) is 0 Å². The first-order valence-electron chi connectivity index (χ1n) is 7.93. The second kappa shape index (κ2) is 7.61. The van der Waals surface area contributed by atoms with Crippen molar-refractivity contribution in [2.24, 2.45) is 17.3 Å². The number of nitrogens with zero attached hydrogens (tertiary/aromatic N) is 2. The molecule has 19 heavy (non-hydrogen) atoms. The fourth-order valence-corrected chi connectivity index (χ4v) is 3.11. The Morgan fingerprint density at radius 1 is 1.11 bits per heavy atom. The highest BCUT2D eigenvalue weighted by Crippen LogP contribution is 2.35. The molecule has 1 atom stereocenters. The number of nitrogens with one attached hydrogen (secondary N) is 1. The number of rotatable bonds is 8. The van der Waals surface area contributed by atoms with E-state index in [-0.39, 0.29) is 0 Å². The molecule has 114 valence electrons. The molecule has 0 aromatic rings. The van der Waals surface area contributed by atoms with Gasteiger partial charge in [0, 0.05) is 32.7 Å². The van der Waals surface area contributed by atoms with Crippen LogP contribution in [0.25, 0.3) is 0 Å². The van der Waals surface area contributed by atoms with Crippen LogP contribution in [0.5, 0.6) is 0 Å². The summed E-state index contributed by atoms with van der Waals surface area (Å²) in [5, 5.41) is 3.58. The average molecular weight is 269 g/mol. The van der Waals surface area contributed by atoms with Crippen molar-refractivity contribution in [2.45, 2.75) is 34.1 Å². The van der Waals surface area contributed by atoms with Gasteiger partial charge in [-0.15, -0.1) is 0 Å². The molecule has 0 bridgehead atoms. The van der Waals surface area contributed by atoms with Crippen molar-refractivity contribution in [3.8, 4) is 0 Å². The van der Waals surface area contributed by atoms with Gasteiger partial charge in [0.15, 0.2) is 0 Å². The lowest BCUT2D eigenvalue weighted by Gasteiger charge is -2.39. The van der Waals surface area contributed by atoms with Crippen LogP contribution in [0.1, 0.15) is 34.1 Å². The zero-order chi connectivity index (χ0) is 14.5. The van der Waals surface area contributed by atoms with Gasteiger partial charge in [0.2, 0.25) is 0 Å². The zero-order valence-electron chi connectivity index (χ0n) is 14.0. The van der Waals surface area contributed by atoms with Crippen molar-refractivity contribution in [3.63, 3.8) is 0 Å². The largest absolute Gasteiger partial charge is 0.316 e. The number of likely N-dealkylation sites (N-methyl/N-ethyl adjacent to an activating group) is 1. The fourth-order valence-electron chi connectivity index (χ4n) is 3.11. The van der Waals surface area contributed by atoms with E-state index in [0.717, 1.165) is 18.4 Å². The first-order valence-corrected chi connectivity index (χ1v) is 7.93. The standard InChI is InChI=1S/C16H35N3/c1-14(2)11-19(10-9-18(5)6)13-16(15(3)4)7-8-17-12-16/h14-15,17H,7-13H2,1-6H3. The Morgan fingerprint density at radius 2 is 1.79 bits per heavy atom. The fraction of sp³-hybridized carbons (Fsp3) is 1.00. The van der Waals surface area contributed by atoms with Crippen LogP contribution >= 0.6 is 0 Å². The first-order chi connectivity index (χ1) is 8.85. The summed E-state index contributed by atoms with van der Waals surface area (Å²) >= 11 is 0. The summed E-state index contributed by atoms with van der Waals surface area (Å²) < 4.78 is 0. The molecule has 0 aromatic carbocycles. The van der Waals surface area contributed by atoms with Crippen molar-refractivity contribution in [2.75, 3.05) is 53.4 Å². The Bertz CT molecular complexity index is 242. The molecular formula is C16H35N3. The van der Waals surface area contributed by atoms with Gasteiger partial charge in [-0.1, -0.05) is 27.7 Å². The minimum absolute atomic E-state index is 0.487. The van der Waals surface area contributed by atoms with E-state index in [1.165, 1.54) is 39.1 Å². The topological polar surface area (TPSA) is 18.5 Å². The van der Waals surface area contributed by atoms with Gasteiger partial charge in [-0.3, -0.25) is 0 Å². The van der Waals surface area contributed by atoms with Crippen molar-refractivity contribution in [1.82, 2.24) is 15.1 Å². The summed E-state index contributed by atoms with van der Waals surface area (Å²) in [6.45, 7) is 16.7. The Hall–Kier alpha value is -0.120. The molecule has 0 aromatic heterocycles. The maximum Gasteiger partial charge on any atom is 0.0109 e. The van der Waals surface area contributed by atoms with E-state index in [4.69, 9.17) is 0 Å². The summed E-state index contributed by atoms with van der Waals surface area (Å²) in [5.74, 6) is 1.51. The molecule has 3 heteroatoms. The molecule has 1 aliphatic rings. The molecule has 1 N–H and O–H groups in total. The summed E-state index contributed by atoms with van der Waals surface area (Å²) in [6, 6.07) is 0. The monoisotopic (exact) mass is 269 g/mol. The van der Waals surface area contributed by atoms with Crippen molar-refractivity contribution >= 4 is 0 Å². The molecular weight excluding hydrogens is 234 g/mol. The molecule has 0 saturated carbocycles. The number of hydrogen-bond donors (Lipinski definition) is 1. The van der Waals surface area contributed by atoms with Crippen LogP contribution in [0, 0.1) is 17.3 Å². The third-order valence-electron chi connectivity index (χ3n) is 4.53. The third-order valence-corrected chi connectivity index (χ3v) is 4.53. The van der Waals surface area contributed by atoms with Gasteiger partial charge in [-0.25, -0.2) is 0 Å². The van der Waals surface area contributed by atoms with Crippen LogP contribution in [-0.4, -0.2) is 63.2 Å². The van der Waals surface area contributed by atoms with Crippen LogP contribution < -0.4 is 5.32 Å². The van der Waals surface area contributed by atoms with Crippen LogP contribution in [0.2, 0.25) is 0 Å². The summed E-state index contributed by atoms with van der Waals surface area (Å²) in [4.78, 5) is 4.99. The van der Waals surface area contributed by atoms with Crippen LogP contribution in [-0.2, 0) is 0 Å². The van der Waals surface area contributed by atoms with E-state index in [1.54, 1.807) is 0 Å². The second-order valence-electron chi connectivity index (χ2n) is 7.38. The van der Waals surface area contributed by atoms with E-state index in [0.29, 0.717) is 5.41 Å². The lowest BCUT2D eigenvalue weighted by Crippen LogP contribution is -2.45. The van der Waals surface area contributed by atoms with E-state index < -0.39 is 0 Å². The second-order valence-corrected chi connectivity index (χ2v) is 7.38. The number of hydrogen-bond acceptors (Lipinski definition) is 3. The van der Waals surface area contributed by atoms with Crippen molar-refractivity contribution in [3.05, 3.63) is 0 Å². The minimum atomic E-state index is 0.487. The van der Waals surface area contributed by atoms with E-state index in [1.807, 2.05) is 0 Å². The van der Waals surface area contributed by atoms with Crippen LogP contribution in [0.4, 0.5) is 0 Å². The lowest BCUT2D eigenvalue weighted by molar-refractivity contribution is 0.102. The van der Waals surface area contributed by atoms with E-state index in [9.17, 15) is 0 Å². The molecule has 0 spiro atoms. The smallest absolute Gasteiger partial charge is 0.0109 e. The molecule has 1 rings (SSSR count). The molecule has 1 saturated heterocycles. The Morgan fingerprint density at radius 3 is 2.21 bits per heavy atom. The van der Waals surface area contributed by atoms with Gasteiger partial charge in [0.25, 0.3) is 0 Å². The van der Waals surface area contributed by atoms with E-state index in [2.05, 4.69) is 56.9 Å².